The highest BCUT2D eigenvalue weighted by molar-refractivity contribution is 7.99. The molecule has 20 heavy (non-hydrogen) atoms. The lowest BCUT2D eigenvalue weighted by molar-refractivity contribution is -0.137. The Balaban J connectivity index is 1.97. The van der Waals surface area contributed by atoms with Crippen molar-refractivity contribution in [3.05, 3.63) is 53.9 Å². The van der Waals surface area contributed by atoms with Gasteiger partial charge in [0, 0.05) is 24.2 Å². The van der Waals surface area contributed by atoms with E-state index in [4.69, 9.17) is 5.73 Å². The van der Waals surface area contributed by atoms with Gasteiger partial charge in [0.25, 0.3) is 0 Å². The third-order valence-corrected chi connectivity index (χ3v) is 3.60. The van der Waals surface area contributed by atoms with Gasteiger partial charge in [0.15, 0.2) is 5.16 Å². The van der Waals surface area contributed by atoms with Gasteiger partial charge in [-0.3, -0.25) is 0 Å². The number of nitrogens with zero attached hydrogens (tertiary/aromatic N) is 2. The van der Waals surface area contributed by atoms with Crippen molar-refractivity contribution in [2.45, 2.75) is 17.4 Å². The fraction of sp³-hybridized carbons (Fsp3) is 0.231. The Morgan fingerprint density at radius 3 is 2.25 bits per heavy atom. The second-order valence-electron chi connectivity index (χ2n) is 4.07. The van der Waals surface area contributed by atoms with Gasteiger partial charge in [0.05, 0.1) is 5.56 Å². The Morgan fingerprint density at radius 2 is 1.70 bits per heavy atom. The fourth-order valence-electron chi connectivity index (χ4n) is 1.54. The molecule has 1 aromatic heterocycles. The van der Waals surface area contributed by atoms with E-state index in [9.17, 15) is 13.2 Å². The van der Waals surface area contributed by atoms with Gasteiger partial charge in [-0.2, -0.15) is 13.2 Å². The number of halogens is 3. The molecule has 1 aromatic carbocycles. The summed E-state index contributed by atoms with van der Waals surface area (Å²) in [4.78, 5) is 8.08. The van der Waals surface area contributed by atoms with Crippen molar-refractivity contribution in [1.82, 2.24) is 9.97 Å². The summed E-state index contributed by atoms with van der Waals surface area (Å²) in [6, 6.07) is 6.23. The summed E-state index contributed by atoms with van der Waals surface area (Å²) in [5.41, 5.74) is 5.92. The molecular formula is C13H12F3N3S. The molecule has 3 nitrogen and oxygen atoms in total. The van der Waals surface area contributed by atoms with Crippen LogP contribution in [-0.4, -0.2) is 15.7 Å². The van der Waals surface area contributed by atoms with Gasteiger partial charge in [-0.25, -0.2) is 9.97 Å². The first-order chi connectivity index (χ1) is 9.47. The minimum absolute atomic E-state index is 0.369. The maximum Gasteiger partial charge on any atom is 0.416 e. The lowest BCUT2D eigenvalue weighted by Crippen LogP contribution is -2.14. The van der Waals surface area contributed by atoms with E-state index in [2.05, 4.69) is 9.97 Å². The molecule has 2 N–H and O–H groups in total. The molecule has 0 saturated heterocycles. The Hall–Kier alpha value is -1.60. The molecular weight excluding hydrogens is 287 g/mol. The van der Waals surface area contributed by atoms with Gasteiger partial charge in [0.2, 0.25) is 0 Å². The quantitative estimate of drug-likeness (QED) is 0.695. The predicted octanol–water partition coefficient (Wildman–Crippen LogP) is 3.29. The second kappa shape index (κ2) is 6.23. The number of hydrogen-bond acceptors (Lipinski definition) is 4. The van der Waals surface area contributed by atoms with Crippen LogP contribution in [0.1, 0.15) is 17.2 Å². The Morgan fingerprint density at radius 1 is 1.10 bits per heavy atom. The van der Waals surface area contributed by atoms with Crippen LogP contribution in [-0.2, 0) is 6.18 Å². The van der Waals surface area contributed by atoms with E-state index in [-0.39, 0.29) is 6.04 Å². The van der Waals surface area contributed by atoms with Crippen LogP contribution in [0, 0.1) is 0 Å². The van der Waals surface area contributed by atoms with Crippen LogP contribution in [0.5, 0.6) is 0 Å². The minimum Gasteiger partial charge on any atom is -0.323 e. The molecule has 2 rings (SSSR count). The van der Waals surface area contributed by atoms with Gasteiger partial charge in [-0.15, -0.1) is 0 Å². The van der Waals surface area contributed by atoms with Crippen molar-refractivity contribution in [2.75, 3.05) is 5.75 Å². The topological polar surface area (TPSA) is 51.8 Å². The van der Waals surface area contributed by atoms with Gasteiger partial charge in [-0.05, 0) is 23.8 Å². The van der Waals surface area contributed by atoms with Crippen LogP contribution in [0.25, 0.3) is 0 Å². The van der Waals surface area contributed by atoms with Crippen molar-refractivity contribution in [2.24, 2.45) is 5.73 Å². The van der Waals surface area contributed by atoms with Gasteiger partial charge in [0.1, 0.15) is 0 Å². The molecule has 0 aliphatic rings. The minimum atomic E-state index is -4.32. The maximum atomic E-state index is 12.4. The van der Waals surface area contributed by atoms with Crippen LogP contribution in [0.3, 0.4) is 0 Å². The molecule has 0 aliphatic carbocycles. The fourth-order valence-corrected chi connectivity index (χ4v) is 2.33. The van der Waals surface area contributed by atoms with Gasteiger partial charge >= 0.3 is 6.18 Å². The van der Waals surface area contributed by atoms with E-state index in [1.165, 1.54) is 23.9 Å². The molecule has 0 bridgehead atoms. The van der Waals surface area contributed by atoms with Crippen molar-refractivity contribution >= 4 is 11.8 Å². The molecule has 0 radical (unpaired) electrons. The van der Waals surface area contributed by atoms with Crippen LogP contribution in [0.2, 0.25) is 0 Å². The lowest BCUT2D eigenvalue weighted by atomic mass is 10.1. The molecule has 0 saturated carbocycles. The first kappa shape index (κ1) is 14.8. The molecule has 1 heterocycles. The van der Waals surface area contributed by atoms with E-state index in [1.807, 2.05) is 0 Å². The van der Waals surface area contributed by atoms with E-state index in [0.717, 1.165) is 12.1 Å². The molecule has 0 spiro atoms. The number of nitrogens with two attached hydrogens (primary N) is 1. The van der Waals surface area contributed by atoms with Crippen LogP contribution in [0.4, 0.5) is 13.2 Å². The average molecular weight is 299 g/mol. The monoisotopic (exact) mass is 299 g/mol. The number of rotatable bonds is 4. The second-order valence-corrected chi connectivity index (χ2v) is 5.06. The lowest BCUT2D eigenvalue weighted by Gasteiger charge is -2.12. The van der Waals surface area contributed by atoms with Crippen molar-refractivity contribution in [3.63, 3.8) is 0 Å². The van der Waals surface area contributed by atoms with Crippen molar-refractivity contribution in [1.29, 1.82) is 0 Å². The highest BCUT2D eigenvalue weighted by atomic mass is 32.2. The molecule has 0 aliphatic heterocycles. The van der Waals surface area contributed by atoms with Crippen LogP contribution < -0.4 is 5.73 Å². The normalized spacial score (nSPS) is 13.2. The summed E-state index contributed by atoms with van der Waals surface area (Å²) in [6.07, 6.45) is -1.08. The first-order valence-corrected chi connectivity index (χ1v) is 6.78. The molecule has 2 aromatic rings. The maximum absolute atomic E-state index is 12.4. The number of aromatic nitrogens is 2. The van der Waals surface area contributed by atoms with Crippen LogP contribution in [0.15, 0.2) is 47.9 Å². The van der Waals surface area contributed by atoms with E-state index in [0.29, 0.717) is 16.5 Å². The van der Waals surface area contributed by atoms with E-state index in [1.54, 1.807) is 18.5 Å². The number of alkyl halides is 3. The summed E-state index contributed by atoms with van der Waals surface area (Å²) < 4.78 is 37.3. The largest absolute Gasteiger partial charge is 0.416 e. The molecule has 0 amide bonds. The number of hydrogen-bond donors (Lipinski definition) is 1. The molecule has 0 fully saturated rings. The first-order valence-electron chi connectivity index (χ1n) is 5.79. The van der Waals surface area contributed by atoms with Crippen LogP contribution >= 0.6 is 11.8 Å². The molecule has 7 heteroatoms. The Labute approximate surface area is 118 Å². The molecule has 1 atom stereocenters. The summed E-state index contributed by atoms with van der Waals surface area (Å²) in [7, 11) is 0. The summed E-state index contributed by atoms with van der Waals surface area (Å²) in [5, 5.41) is 0.592. The van der Waals surface area contributed by atoms with Crippen molar-refractivity contribution in [3.8, 4) is 0 Å². The zero-order chi connectivity index (χ0) is 14.6. The number of thioether (sulfide) groups is 1. The molecule has 1 unspecified atom stereocenters. The average Bonchev–Trinajstić information content (AvgIpc) is 2.45. The molecule has 106 valence electrons. The third kappa shape index (κ3) is 3.94. The zero-order valence-electron chi connectivity index (χ0n) is 10.3. The zero-order valence-corrected chi connectivity index (χ0v) is 11.2. The third-order valence-electron chi connectivity index (χ3n) is 2.60. The summed E-state index contributed by atoms with van der Waals surface area (Å²) >= 11 is 1.36. The van der Waals surface area contributed by atoms with Crippen molar-refractivity contribution < 1.29 is 13.2 Å². The highest BCUT2D eigenvalue weighted by Crippen LogP contribution is 2.30. The van der Waals surface area contributed by atoms with E-state index < -0.39 is 11.7 Å². The Bertz CT molecular complexity index is 543. The smallest absolute Gasteiger partial charge is 0.323 e. The standard InChI is InChI=1S/C13H12F3N3S/c14-13(15,16)10-4-2-9(3-5-10)11(17)8-20-12-18-6-1-7-19-12/h1-7,11H,8,17H2. The van der Waals surface area contributed by atoms with Gasteiger partial charge in [-0.1, -0.05) is 23.9 Å². The predicted molar refractivity (Wildman–Crippen MR) is 71.1 cm³/mol. The Kier molecular flexibility index (Phi) is 4.61. The highest BCUT2D eigenvalue weighted by Gasteiger charge is 2.30. The number of benzene rings is 1. The summed E-state index contributed by atoms with van der Waals surface area (Å²) in [5.74, 6) is 0.495. The van der Waals surface area contributed by atoms with Gasteiger partial charge < -0.3 is 5.73 Å². The van der Waals surface area contributed by atoms with E-state index >= 15 is 0 Å². The summed E-state index contributed by atoms with van der Waals surface area (Å²) in [6.45, 7) is 0. The SMILES string of the molecule is NC(CSc1ncccn1)c1ccc(C(F)(F)F)cc1.